The van der Waals surface area contributed by atoms with Crippen molar-refractivity contribution in [1.82, 2.24) is 10.2 Å². The molecule has 1 aliphatic rings. The molecule has 0 saturated heterocycles. The summed E-state index contributed by atoms with van der Waals surface area (Å²) in [4.78, 5) is 29.7. The van der Waals surface area contributed by atoms with E-state index in [1.54, 1.807) is 30.3 Å². The number of hydrogen-bond acceptors (Lipinski definition) is 8. The Bertz CT molecular complexity index is 1730. The van der Waals surface area contributed by atoms with Gasteiger partial charge in [0.2, 0.25) is 11.8 Å². The van der Waals surface area contributed by atoms with Crippen molar-refractivity contribution in [3.05, 3.63) is 70.2 Å². The highest BCUT2D eigenvalue weighted by atomic mass is 35.5. The number of nitrogens with zero attached hydrogens (tertiary/aromatic N) is 2. The van der Waals surface area contributed by atoms with Gasteiger partial charge < -0.3 is 29.2 Å². The van der Waals surface area contributed by atoms with Gasteiger partial charge in [-0.2, -0.15) is 0 Å². The van der Waals surface area contributed by atoms with Gasteiger partial charge in [0.05, 0.1) is 49.1 Å². The molecular formula is C35H43Cl2N3O8S. The third-order valence-electron chi connectivity index (χ3n) is 8.55. The van der Waals surface area contributed by atoms with E-state index in [0.29, 0.717) is 22.1 Å². The number of methoxy groups -OCH3 is 4. The number of anilines is 1. The average molecular weight is 737 g/mol. The lowest BCUT2D eigenvalue weighted by Crippen LogP contribution is -2.54. The topological polar surface area (TPSA) is 124 Å². The van der Waals surface area contributed by atoms with Crippen molar-refractivity contribution >= 4 is 50.7 Å². The number of benzene rings is 3. The first-order chi connectivity index (χ1) is 23.5. The number of nitrogens with one attached hydrogen (secondary N) is 1. The molecule has 1 N–H and O–H groups in total. The number of ether oxygens (including phenoxy) is 4. The van der Waals surface area contributed by atoms with E-state index in [2.05, 4.69) is 5.32 Å². The van der Waals surface area contributed by atoms with E-state index in [0.717, 1.165) is 36.4 Å². The first kappa shape index (κ1) is 37.9. The summed E-state index contributed by atoms with van der Waals surface area (Å²) in [6.45, 7) is 1.09. The highest BCUT2D eigenvalue weighted by molar-refractivity contribution is 7.92. The second kappa shape index (κ2) is 17.2. The minimum atomic E-state index is -4.48. The summed E-state index contributed by atoms with van der Waals surface area (Å²) in [5.74, 6) is 0.0731. The highest BCUT2D eigenvalue weighted by Gasteiger charge is 2.36. The van der Waals surface area contributed by atoms with Gasteiger partial charge in [-0.1, -0.05) is 55.5 Å². The van der Waals surface area contributed by atoms with Crippen molar-refractivity contribution in [2.45, 2.75) is 69.0 Å². The predicted molar refractivity (Wildman–Crippen MR) is 190 cm³/mol. The van der Waals surface area contributed by atoms with Crippen LogP contribution in [0.15, 0.2) is 59.5 Å². The lowest BCUT2D eigenvalue weighted by Gasteiger charge is -2.34. The molecule has 0 heterocycles. The first-order valence-corrected chi connectivity index (χ1v) is 18.2. The van der Waals surface area contributed by atoms with Crippen molar-refractivity contribution in [1.29, 1.82) is 0 Å². The lowest BCUT2D eigenvalue weighted by atomic mass is 9.95. The number of sulfonamides is 1. The Labute approximate surface area is 298 Å². The molecule has 49 heavy (non-hydrogen) atoms. The van der Waals surface area contributed by atoms with Gasteiger partial charge in [0.1, 0.15) is 24.1 Å². The monoisotopic (exact) mass is 735 g/mol. The summed E-state index contributed by atoms with van der Waals surface area (Å²) >= 11 is 12.5. The van der Waals surface area contributed by atoms with Gasteiger partial charge in [-0.3, -0.25) is 13.9 Å². The maximum Gasteiger partial charge on any atom is 0.265 e. The number of hydrogen-bond donors (Lipinski definition) is 1. The van der Waals surface area contributed by atoms with Gasteiger partial charge in [-0.25, -0.2) is 8.42 Å². The van der Waals surface area contributed by atoms with Crippen LogP contribution in [-0.4, -0.2) is 72.2 Å². The van der Waals surface area contributed by atoms with Crippen LogP contribution in [0.4, 0.5) is 5.69 Å². The number of carbonyl (C=O) groups excluding carboxylic acids is 2. The summed E-state index contributed by atoms with van der Waals surface area (Å²) in [5, 5.41) is 3.75. The summed E-state index contributed by atoms with van der Waals surface area (Å²) < 4.78 is 51.7. The molecule has 11 nitrogen and oxygen atoms in total. The molecule has 1 atom stereocenters. The van der Waals surface area contributed by atoms with Crippen molar-refractivity contribution < 1.29 is 37.0 Å². The van der Waals surface area contributed by atoms with Gasteiger partial charge in [0.25, 0.3) is 10.0 Å². The minimum Gasteiger partial charge on any atom is -0.497 e. The highest BCUT2D eigenvalue weighted by Crippen LogP contribution is 2.38. The Kier molecular flexibility index (Phi) is 13.3. The second-order valence-electron chi connectivity index (χ2n) is 11.6. The van der Waals surface area contributed by atoms with E-state index >= 15 is 0 Å². The third-order valence-corrected chi connectivity index (χ3v) is 11.0. The number of amides is 2. The van der Waals surface area contributed by atoms with E-state index in [1.807, 2.05) is 6.92 Å². The fourth-order valence-electron chi connectivity index (χ4n) is 5.91. The zero-order valence-corrected chi connectivity index (χ0v) is 30.7. The molecule has 1 aliphatic carbocycles. The Hall–Kier alpha value is -3.87. The van der Waals surface area contributed by atoms with Crippen molar-refractivity contribution in [2.75, 3.05) is 39.3 Å². The molecule has 0 spiro atoms. The molecule has 0 unspecified atom stereocenters. The molecule has 1 fully saturated rings. The minimum absolute atomic E-state index is 0.000187. The van der Waals surface area contributed by atoms with Crippen molar-refractivity contribution in [2.24, 2.45) is 0 Å². The van der Waals surface area contributed by atoms with Crippen LogP contribution in [0.5, 0.6) is 23.0 Å². The van der Waals surface area contributed by atoms with E-state index in [4.69, 9.17) is 42.1 Å². The molecule has 14 heteroatoms. The van der Waals surface area contributed by atoms with Crippen LogP contribution in [-0.2, 0) is 26.2 Å². The largest absolute Gasteiger partial charge is 0.497 e. The molecule has 4 rings (SSSR count). The lowest BCUT2D eigenvalue weighted by molar-refractivity contribution is -0.140. The Morgan fingerprint density at radius 3 is 2.12 bits per heavy atom. The van der Waals surface area contributed by atoms with Gasteiger partial charge >= 0.3 is 0 Å². The third kappa shape index (κ3) is 9.03. The van der Waals surface area contributed by atoms with Crippen LogP contribution in [0.3, 0.4) is 0 Å². The fraction of sp³-hybridized carbons (Fsp3) is 0.429. The molecule has 266 valence electrons. The molecule has 0 radical (unpaired) electrons. The smallest absolute Gasteiger partial charge is 0.265 e. The van der Waals surface area contributed by atoms with Crippen molar-refractivity contribution in [3.63, 3.8) is 0 Å². The standard InChI is InChI=1S/C35H43Cl2N3O8S/c1-6-29(35(42)38-24-10-8-7-9-11-24)39(21-23-12-15-27(36)28(37)18-23)34(41)22-40(30-19-25(45-2)13-16-31(30)46-3)49(43,44)26-14-17-32(47-4)33(20-26)48-5/h12-20,24,29H,6-11,21-22H2,1-5H3,(H,38,42)/t29-/m0/s1. The van der Waals surface area contributed by atoms with Crippen LogP contribution in [0.2, 0.25) is 10.0 Å². The number of halogens is 2. The zero-order valence-electron chi connectivity index (χ0n) is 28.3. The Morgan fingerprint density at radius 2 is 1.51 bits per heavy atom. The zero-order chi connectivity index (χ0) is 35.7. The maximum atomic E-state index is 14.6. The molecule has 0 aliphatic heterocycles. The molecule has 0 aromatic heterocycles. The summed E-state index contributed by atoms with van der Waals surface area (Å²) in [6, 6.07) is 12.8. The molecule has 2 amide bonds. The molecule has 3 aromatic rings. The fourth-order valence-corrected chi connectivity index (χ4v) is 7.66. The first-order valence-electron chi connectivity index (χ1n) is 16.0. The van der Waals surface area contributed by atoms with Gasteiger partial charge in [0.15, 0.2) is 11.5 Å². The predicted octanol–water partition coefficient (Wildman–Crippen LogP) is 6.48. The molecule has 3 aromatic carbocycles. The summed E-state index contributed by atoms with van der Waals surface area (Å²) in [7, 11) is 1.19. The Balaban J connectivity index is 1.82. The SMILES string of the molecule is CC[C@@H](C(=O)NC1CCCCC1)N(Cc1ccc(Cl)c(Cl)c1)C(=O)CN(c1cc(OC)ccc1OC)S(=O)(=O)c1ccc(OC)c(OC)c1. The van der Waals surface area contributed by atoms with Gasteiger partial charge in [0, 0.05) is 24.7 Å². The van der Waals surface area contributed by atoms with E-state index in [1.165, 1.54) is 57.6 Å². The van der Waals surface area contributed by atoms with Crippen molar-refractivity contribution in [3.8, 4) is 23.0 Å². The summed E-state index contributed by atoms with van der Waals surface area (Å²) in [5.41, 5.74) is 0.666. The van der Waals surface area contributed by atoms with Crippen LogP contribution >= 0.6 is 23.2 Å². The van der Waals surface area contributed by atoms with Crippen LogP contribution in [0.25, 0.3) is 0 Å². The van der Waals surface area contributed by atoms with Crippen LogP contribution < -0.4 is 28.6 Å². The van der Waals surface area contributed by atoms with Gasteiger partial charge in [-0.05, 0) is 61.2 Å². The van der Waals surface area contributed by atoms with E-state index < -0.39 is 28.5 Å². The molecule has 1 saturated carbocycles. The van der Waals surface area contributed by atoms with E-state index in [9.17, 15) is 18.0 Å². The maximum absolute atomic E-state index is 14.6. The molecule has 0 bridgehead atoms. The summed E-state index contributed by atoms with van der Waals surface area (Å²) in [6.07, 6.45) is 5.13. The quantitative estimate of drug-likeness (QED) is 0.188. The number of carbonyl (C=O) groups is 2. The second-order valence-corrected chi connectivity index (χ2v) is 14.3. The van der Waals surface area contributed by atoms with Crippen LogP contribution in [0, 0.1) is 0 Å². The Morgan fingerprint density at radius 1 is 0.837 bits per heavy atom. The average Bonchev–Trinajstić information content (AvgIpc) is 3.11. The van der Waals surface area contributed by atoms with Crippen LogP contribution in [0.1, 0.15) is 51.0 Å². The number of rotatable bonds is 15. The normalized spacial score (nSPS) is 14.0. The van der Waals surface area contributed by atoms with Gasteiger partial charge in [-0.15, -0.1) is 0 Å². The molecular weight excluding hydrogens is 693 g/mol. The van der Waals surface area contributed by atoms with E-state index in [-0.39, 0.29) is 52.0 Å².